The number of fused-ring (bicyclic) bond motifs is 1. The fraction of sp³-hybridized carbons (Fsp3) is 0.125. The number of rotatable bonds is 7. The topological polar surface area (TPSA) is 109 Å². The molecule has 1 heterocycles. The van der Waals surface area contributed by atoms with Gasteiger partial charge in [-0.1, -0.05) is 39.7 Å². The number of benzene rings is 3. The van der Waals surface area contributed by atoms with Crippen LogP contribution in [0.3, 0.4) is 0 Å². The van der Waals surface area contributed by atoms with Crippen LogP contribution in [0.15, 0.2) is 69.0 Å². The number of nitrogens with zero attached hydrogens (tertiary/aromatic N) is 4. The highest BCUT2D eigenvalue weighted by atomic mass is 79.9. The van der Waals surface area contributed by atoms with Crippen molar-refractivity contribution in [3.8, 4) is 11.5 Å². The summed E-state index contributed by atoms with van der Waals surface area (Å²) in [6.45, 7) is 1.73. The molecule has 3 aromatic carbocycles. The van der Waals surface area contributed by atoms with Crippen molar-refractivity contribution in [1.82, 2.24) is 9.66 Å². The maximum Gasteiger partial charge on any atom is 0.315 e. The molecule has 9 nitrogen and oxygen atoms in total. The van der Waals surface area contributed by atoms with Gasteiger partial charge in [-0.2, -0.15) is 9.78 Å². The molecule has 11 heteroatoms. The van der Waals surface area contributed by atoms with Crippen molar-refractivity contribution in [1.29, 1.82) is 0 Å². The Morgan fingerprint density at radius 3 is 2.63 bits per heavy atom. The van der Waals surface area contributed by atoms with Gasteiger partial charge in [0.05, 0.1) is 29.2 Å². The van der Waals surface area contributed by atoms with Crippen LogP contribution in [0.25, 0.3) is 10.9 Å². The minimum atomic E-state index is -0.566. The van der Waals surface area contributed by atoms with Crippen molar-refractivity contribution >= 4 is 50.3 Å². The molecule has 0 N–H and O–H groups in total. The molecule has 0 saturated heterocycles. The van der Waals surface area contributed by atoms with Crippen molar-refractivity contribution in [2.45, 2.75) is 13.5 Å². The zero-order valence-electron chi connectivity index (χ0n) is 18.6. The molecular weight excluding hydrogens is 540 g/mol. The summed E-state index contributed by atoms with van der Waals surface area (Å²) in [4.78, 5) is 28.6. The molecule has 0 atom stereocenters. The second kappa shape index (κ2) is 10.2. The summed E-state index contributed by atoms with van der Waals surface area (Å²) in [7, 11) is 1.38. The second-order valence-electron chi connectivity index (χ2n) is 7.43. The van der Waals surface area contributed by atoms with Gasteiger partial charge in [0.15, 0.2) is 5.75 Å². The number of ether oxygens (including phenoxy) is 2. The van der Waals surface area contributed by atoms with E-state index in [0.717, 1.165) is 14.7 Å². The van der Waals surface area contributed by atoms with Crippen LogP contribution in [0.5, 0.6) is 11.5 Å². The second-order valence-corrected chi connectivity index (χ2v) is 8.78. The van der Waals surface area contributed by atoms with Crippen LogP contribution in [-0.4, -0.2) is 27.9 Å². The Kier molecular flexibility index (Phi) is 7.13. The number of hydrogen-bond donors (Lipinski definition) is 0. The lowest BCUT2D eigenvalue weighted by molar-refractivity contribution is -0.386. The van der Waals surface area contributed by atoms with E-state index in [-0.39, 0.29) is 29.4 Å². The van der Waals surface area contributed by atoms with Gasteiger partial charge in [0.1, 0.15) is 12.4 Å². The van der Waals surface area contributed by atoms with Crippen molar-refractivity contribution in [3.05, 3.63) is 102 Å². The monoisotopic (exact) mass is 556 g/mol. The number of halogens is 2. The van der Waals surface area contributed by atoms with Crippen molar-refractivity contribution in [2.24, 2.45) is 5.10 Å². The van der Waals surface area contributed by atoms with E-state index < -0.39 is 4.92 Å². The molecule has 4 rings (SSSR count). The van der Waals surface area contributed by atoms with E-state index >= 15 is 0 Å². The lowest BCUT2D eigenvalue weighted by Gasteiger charge is -2.12. The lowest BCUT2D eigenvalue weighted by atomic mass is 10.1. The first-order valence-corrected chi connectivity index (χ1v) is 11.4. The predicted octanol–water partition coefficient (Wildman–Crippen LogP) is 5.50. The molecule has 1 aromatic heterocycles. The summed E-state index contributed by atoms with van der Waals surface area (Å²) in [6, 6.07) is 15.0. The number of aromatic nitrogens is 2. The molecule has 0 aliphatic heterocycles. The smallest absolute Gasteiger partial charge is 0.315 e. The standard InChI is InChI=1S/C24H18BrClN4O5/c1-14-28-20-8-5-17(25)11-19(20)24(31)29(14)27-12-16-9-21(30(32)33)23(22(10-16)34-2)35-13-15-3-6-18(26)7-4-15/h3-12H,13H2,1-2H3. The van der Waals surface area contributed by atoms with Crippen LogP contribution < -0.4 is 15.0 Å². The molecule has 0 spiro atoms. The van der Waals surface area contributed by atoms with Crippen molar-refractivity contribution < 1.29 is 14.4 Å². The quantitative estimate of drug-likeness (QED) is 0.169. The Bertz CT molecular complexity index is 1520. The fourth-order valence-electron chi connectivity index (χ4n) is 3.37. The van der Waals surface area contributed by atoms with Gasteiger partial charge in [0.2, 0.25) is 5.75 Å². The van der Waals surface area contributed by atoms with Crippen LogP contribution in [0.1, 0.15) is 17.0 Å². The van der Waals surface area contributed by atoms with Gasteiger partial charge in [-0.25, -0.2) is 4.98 Å². The van der Waals surface area contributed by atoms with Gasteiger partial charge >= 0.3 is 5.69 Å². The maximum atomic E-state index is 12.9. The minimum Gasteiger partial charge on any atom is -0.493 e. The first-order chi connectivity index (χ1) is 16.8. The Balaban J connectivity index is 1.70. The van der Waals surface area contributed by atoms with E-state index in [0.29, 0.717) is 27.3 Å². The normalized spacial score (nSPS) is 11.2. The third-order valence-corrected chi connectivity index (χ3v) is 5.81. The van der Waals surface area contributed by atoms with Gasteiger partial charge in [-0.3, -0.25) is 14.9 Å². The minimum absolute atomic E-state index is 0.0184. The van der Waals surface area contributed by atoms with E-state index in [1.54, 1.807) is 55.5 Å². The van der Waals surface area contributed by atoms with Crippen LogP contribution in [0, 0.1) is 17.0 Å². The maximum absolute atomic E-state index is 12.9. The Morgan fingerprint density at radius 1 is 1.20 bits per heavy atom. The molecular formula is C24H18BrClN4O5. The van der Waals surface area contributed by atoms with Crippen LogP contribution in [0.4, 0.5) is 5.69 Å². The molecule has 0 aliphatic carbocycles. The average Bonchev–Trinajstić information content (AvgIpc) is 2.84. The molecule has 178 valence electrons. The molecule has 0 radical (unpaired) electrons. The highest BCUT2D eigenvalue weighted by molar-refractivity contribution is 9.10. The first-order valence-electron chi connectivity index (χ1n) is 10.2. The highest BCUT2D eigenvalue weighted by Gasteiger charge is 2.22. The summed E-state index contributed by atoms with van der Waals surface area (Å²) in [5.41, 5.74) is 0.996. The SMILES string of the molecule is COc1cc(C=Nn2c(C)nc3ccc(Br)cc3c2=O)cc([N+](=O)[O-])c1OCc1ccc(Cl)cc1. The lowest BCUT2D eigenvalue weighted by Crippen LogP contribution is -2.20. The molecule has 4 aromatic rings. The Labute approximate surface area is 212 Å². The molecule has 0 amide bonds. The zero-order valence-corrected chi connectivity index (χ0v) is 20.9. The predicted molar refractivity (Wildman–Crippen MR) is 137 cm³/mol. The number of nitro groups is 1. The van der Waals surface area contributed by atoms with Crippen LogP contribution in [-0.2, 0) is 6.61 Å². The van der Waals surface area contributed by atoms with E-state index in [1.165, 1.54) is 19.4 Å². The third-order valence-electron chi connectivity index (χ3n) is 5.06. The summed E-state index contributed by atoms with van der Waals surface area (Å²) in [5, 5.41) is 17.0. The summed E-state index contributed by atoms with van der Waals surface area (Å²) in [5.74, 6) is 0.500. The summed E-state index contributed by atoms with van der Waals surface area (Å²) < 4.78 is 13.0. The van der Waals surface area contributed by atoms with E-state index in [1.807, 2.05) is 0 Å². The summed E-state index contributed by atoms with van der Waals surface area (Å²) in [6.07, 6.45) is 1.33. The van der Waals surface area contributed by atoms with E-state index in [9.17, 15) is 14.9 Å². The third kappa shape index (κ3) is 5.33. The first kappa shape index (κ1) is 24.4. The van der Waals surface area contributed by atoms with Gasteiger partial charge in [-0.05, 0) is 48.9 Å². The highest BCUT2D eigenvalue weighted by Crippen LogP contribution is 2.38. The Morgan fingerprint density at radius 2 is 1.94 bits per heavy atom. The number of nitro benzene ring substituents is 1. The average molecular weight is 558 g/mol. The van der Waals surface area contributed by atoms with Crippen molar-refractivity contribution in [3.63, 3.8) is 0 Å². The summed E-state index contributed by atoms with van der Waals surface area (Å²) >= 11 is 9.25. The molecule has 0 aliphatic rings. The van der Waals surface area contributed by atoms with Crippen LogP contribution >= 0.6 is 27.5 Å². The van der Waals surface area contributed by atoms with E-state index in [2.05, 4.69) is 26.0 Å². The molecule has 0 bridgehead atoms. The molecule has 35 heavy (non-hydrogen) atoms. The number of hydrogen-bond acceptors (Lipinski definition) is 7. The van der Waals surface area contributed by atoms with E-state index in [4.69, 9.17) is 21.1 Å². The van der Waals surface area contributed by atoms with Gasteiger partial charge < -0.3 is 9.47 Å². The van der Waals surface area contributed by atoms with Crippen molar-refractivity contribution in [2.75, 3.05) is 7.11 Å². The van der Waals surface area contributed by atoms with Gasteiger partial charge in [0.25, 0.3) is 5.56 Å². The molecule has 0 unspecified atom stereocenters. The molecule has 0 saturated carbocycles. The molecule has 0 fully saturated rings. The van der Waals surface area contributed by atoms with Gasteiger partial charge in [0, 0.05) is 21.1 Å². The fourth-order valence-corrected chi connectivity index (χ4v) is 3.86. The largest absolute Gasteiger partial charge is 0.493 e. The number of aryl methyl sites for hydroxylation is 1. The van der Waals surface area contributed by atoms with Crippen LogP contribution in [0.2, 0.25) is 5.02 Å². The van der Waals surface area contributed by atoms with Gasteiger partial charge in [-0.15, -0.1) is 0 Å². The zero-order chi connectivity index (χ0) is 25.1. The Hall–Kier alpha value is -3.76. The number of methoxy groups -OCH3 is 1.